The van der Waals surface area contributed by atoms with E-state index in [4.69, 9.17) is 5.73 Å². The fraction of sp³-hybridized carbons (Fsp3) is 0.250. The van der Waals surface area contributed by atoms with Crippen LogP contribution in [0.3, 0.4) is 0 Å². The highest BCUT2D eigenvalue weighted by atomic mass is 32.1. The highest BCUT2D eigenvalue weighted by Gasteiger charge is 2.18. The topological polar surface area (TPSA) is 92.4 Å². The molecule has 0 aliphatic heterocycles. The SMILES string of the molecule is NC(=O)C(Cc1ccsc1)NC(=O)CCc1ccc(O)cc1. The van der Waals surface area contributed by atoms with Gasteiger partial charge in [-0.2, -0.15) is 11.3 Å². The van der Waals surface area contributed by atoms with E-state index in [1.807, 2.05) is 16.8 Å². The molecule has 1 unspecified atom stereocenters. The molecule has 1 aromatic heterocycles. The van der Waals surface area contributed by atoms with Crippen molar-refractivity contribution >= 4 is 23.2 Å². The molecule has 0 saturated carbocycles. The summed E-state index contributed by atoms with van der Waals surface area (Å²) >= 11 is 1.54. The third-order valence-corrected chi connectivity index (χ3v) is 4.01. The lowest BCUT2D eigenvalue weighted by Crippen LogP contribution is -2.45. The quantitative estimate of drug-likeness (QED) is 0.724. The monoisotopic (exact) mass is 318 g/mol. The van der Waals surface area contributed by atoms with Crippen LogP contribution in [0.25, 0.3) is 0 Å². The minimum Gasteiger partial charge on any atom is -0.508 e. The van der Waals surface area contributed by atoms with Crippen LogP contribution < -0.4 is 11.1 Å². The van der Waals surface area contributed by atoms with Crippen molar-refractivity contribution in [2.24, 2.45) is 5.73 Å². The van der Waals surface area contributed by atoms with Crippen LogP contribution in [0.15, 0.2) is 41.1 Å². The lowest BCUT2D eigenvalue weighted by Gasteiger charge is -2.15. The van der Waals surface area contributed by atoms with Crippen LogP contribution in [0.5, 0.6) is 5.75 Å². The second kappa shape index (κ2) is 7.61. The first-order chi connectivity index (χ1) is 10.5. The van der Waals surface area contributed by atoms with Gasteiger partial charge in [0.1, 0.15) is 11.8 Å². The minimum absolute atomic E-state index is 0.192. The summed E-state index contributed by atoms with van der Waals surface area (Å²) in [5, 5.41) is 15.7. The van der Waals surface area contributed by atoms with Crippen LogP contribution in [0, 0.1) is 0 Å². The highest BCUT2D eigenvalue weighted by Crippen LogP contribution is 2.12. The first-order valence-corrected chi connectivity index (χ1v) is 7.86. The van der Waals surface area contributed by atoms with E-state index in [9.17, 15) is 14.7 Å². The van der Waals surface area contributed by atoms with Gasteiger partial charge in [-0.3, -0.25) is 9.59 Å². The molecule has 0 spiro atoms. The first kappa shape index (κ1) is 16.0. The Hall–Kier alpha value is -2.34. The van der Waals surface area contributed by atoms with E-state index >= 15 is 0 Å². The van der Waals surface area contributed by atoms with E-state index in [0.717, 1.165) is 11.1 Å². The van der Waals surface area contributed by atoms with E-state index in [1.54, 1.807) is 24.3 Å². The molecule has 0 saturated heterocycles. The average molecular weight is 318 g/mol. The van der Waals surface area contributed by atoms with E-state index in [2.05, 4.69) is 5.32 Å². The fourth-order valence-corrected chi connectivity index (χ4v) is 2.74. The molecule has 1 heterocycles. The maximum atomic E-state index is 12.0. The molecule has 5 nitrogen and oxygen atoms in total. The third kappa shape index (κ3) is 4.89. The molecule has 4 N–H and O–H groups in total. The van der Waals surface area contributed by atoms with Gasteiger partial charge in [-0.05, 0) is 46.5 Å². The Kier molecular flexibility index (Phi) is 5.55. The van der Waals surface area contributed by atoms with Gasteiger partial charge in [0.2, 0.25) is 11.8 Å². The number of aryl methyl sites for hydroxylation is 1. The Morgan fingerprint density at radius 2 is 1.91 bits per heavy atom. The van der Waals surface area contributed by atoms with Gasteiger partial charge in [-0.25, -0.2) is 0 Å². The molecule has 1 atom stereocenters. The molecule has 1 aromatic carbocycles. The van der Waals surface area contributed by atoms with Crippen LogP contribution in [-0.4, -0.2) is 23.0 Å². The number of phenols is 1. The number of hydrogen-bond acceptors (Lipinski definition) is 4. The number of aromatic hydroxyl groups is 1. The van der Waals surface area contributed by atoms with Crippen molar-refractivity contribution in [2.75, 3.05) is 0 Å². The predicted octanol–water partition coefficient (Wildman–Crippen LogP) is 1.60. The van der Waals surface area contributed by atoms with E-state index in [1.165, 1.54) is 11.3 Å². The predicted molar refractivity (Wildman–Crippen MR) is 85.6 cm³/mol. The van der Waals surface area contributed by atoms with Crippen LogP contribution in [0.2, 0.25) is 0 Å². The maximum absolute atomic E-state index is 12.0. The number of carbonyl (C=O) groups excluding carboxylic acids is 2. The van der Waals surface area contributed by atoms with E-state index in [-0.39, 0.29) is 18.1 Å². The number of nitrogens with one attached hydrogen (secondary N) is 1. The Labute approximate surface area is 132 Å². The third-order valence-electron chi connectivity index (χ3n) is 3.28. The number of benzene rings is 1. The largest absolute Gasteiger partial charge is 0.508 e. The molecule has 0 aliphatic rings. The smallest absolute Gasteiger partial charge is 0.240 e. The van der Waals surface area contributed by atoms with Crippen LogP contribution in [-0.2, 0) is 22.4 Å². The molecule has 0 radical (unpaired) electrons. The molecule has 22 heavy (non-hydrogen) atoms. The van der Waals surface area contributed by atoms with Crippen molar-refractivity contribution in [3.8, 4) is 5.75 Å². The number of carbonyl (C=O) groups is 2. The Morgan fingerprint density at radius 3 is 2.50 bits per heavy atom. The molecule has 0 aliphatic carbocycles. The molecule has 2 amide bonds. The Bertz CT molecular complexity index is 623. The number of amides is 2. The summed E-state index contributed by atoms with van der Waals surface area (Å²) in [6.45, 7) is 0. The van der Waals surface area contributed by atoms with Gasteiger partial charge < -0.3 is 16.2 Å². The zero-order valence-corrected chi connectivity index (χ0v) is 12.8. The number of nitrogens with two attached hydrogens (primary N) is 1. The number of phenolic OH excluding ortho intramolecular Hbond substituents is 1. The van der Waals surface area contributed by atoms with Gasteiger partial charge in [0, 0.05) is 12.8 Å². The molecule has 6 heteroatoms. The normalized spacial score (nSPS) is 11.8. The molecule has 0 fully saturated rings. The number of primary amides is 1. The van der Waals surface area contributed by atoms with Crippen LogP contribution >= 0.6 is 11.3 Å². The summed E-state index contributed by atoms with van der Waals surface area (Å²) in [6, 6.07) is 7.90. The van der Waals surface area contributed by atoms with Crippen molar-refractivity contribution in [2.45, 2.75) is 25.3 Å². The standard InChI is InChI=1S/C16H18N2O3S/c17-16(21)14(9-12-7-8-22-10-12)18-15(20)6-3-11-1-4-13(19)5-2-11/h1-2,4-5,7-8,10,14,19H,3,6,9H2,(H2,17,21)(H,18,20). The molecule has 0 bridgehead atoms. The summed E-state index contributed by atoms with van der Waals surface area (Å²) in [5.74, 6) is -0.561. The average Bonchev–Trinajstić information content (AvgIpc) is 2.99. The second-order valence-electron chi connectivity index (χ2n) is 5.02. The molecular formula is C16H18N2O3S. The van der Waals surface area contributed by atoms with Gasteiger partial charge in [-0.15, -0.1) is 0 Å². The molecule has 116 valence electrons. The fourth-order valence-electron chi connectivity index (χ4n) is 2.05. The van der Waals surface area contributed by atoms with Gasteiger partial charge in [0.25, 0.3) is 0 Å². The number of thiophene rings is 1. The van der Waals surface area contributed by atoms with Crippen LogP contribution in [0.4, 0.5) is 0 Å². The zero-order valence-electron chi connectivity index (χ0n) is 12.0. The van der Waals surface area contributed by atoms with E-state index < -0.39 is 11.9 Å². The van der Waals surface area contributed by atoms with E-state index in [0.29, 0.717) is 12.8 Å². The van der Waals surface area contributed by atoms with Gasteiger partial charge >= 0.3 is 0 Å². The van der Waals surface area contributed by atoms with Crippen molar-refractivity contribution in [1.29, 1.82) is 0 Å². The maximum Gasteiger partial charge on any atom is 0.240 e. The number of hydrogen-bond donors (Lipinski definition) is 3. The molecular weight excluding hydrogens is 300 g/mol. The zero-order chi connectivity index (χ0) is 15.9. The summed E-state index contributed by atoms with van der Waals surface area (Å²) in [5.41, 5.74) is 7.27. The Balaban J connectivity index is 1.85. The van der Waals surface area contributed by atoms with Crippen molar-refractivity contribution in [3.63, 3.8) is 0 Å². The van der Waals surface area contributed by atoms with Crippen molar-refractivity contribution in [3.05, 3.63) is 52.2 Å². The van der Waals surface area contributed by atoms with Gasteiger partial charge in [-0.1, -0.05) is 12.1 Å². The first-order valence-electron chi connectivity index (χ1n) is 6.92. The second-order valence-corrected chi connectivity index (χ2v) is 5.80. The molecule has 2 aromatic rings. The van der Waals surface area contributed by atoms with Gasteiger partial charge in [0.05, 0.1) is 0 Å². The summed E-state index contributed by atoms with van der Waals surface area (Å²) in [7, 11) is 0. The minimum atomic E-state index is -0.693. The number of rotatable bonds is 7. The summed E-state index contributed by atoms with van der Waals surface area (Å²) in [6.07, 6.45) is 1.21. The lowest BCUT2D eigenvalue weighted by atomic mass is 10.1. The lowest BCUT2D eigenvalue weighted by molar-refractivity contribution is -0.127. The van der Waals surface area contributed by atoms with Gasteiger partial charge in [0.15, 0.2) is 0 Å². The molecule has 2 rings (SSSR count). The van der Waals surface area contributed by atoms with Crippen LogP contribution in [0.1, 0.15) is 17.5 Å². The van der Waals surface area contributed by atoms with Crippen molar-refractivity contribution < 1.29 is 14.7 Å². The highest BCUT2D eigenvalue weighted by molar-refractivity contribution is 7.07. The summed E-state index contributed by atoms with van der Waals surface area (Å²) in [4.78, 5) is 23.4. The van der Waals surface area contributed by atoms with Crippen molar-refractivity contribution in [1.82, 2.24) is 5.32 Å². The summed E-state index contributed by atoms with van der Waals surface area (Å²) < 4.78 is 0. The Morgan fingerprint density at radius 1 is 1.18 bits per heavy atom.